The number of anilines is 3. The molecule has 3 N–H and O–H groups in total. The Labute approximate surface area is 234 Å². The molecule has 0 radical (unpaired) electrons. The molecule has 1 saturated heterocycles. The molecular formula is C31H36N6O3. The number of amides is 2. The average molecular weight is 541 g/mol. The molecule has 1 aliphatic heterocycles. The normalized spacial score (nSPS) is 14.3. The second-order valence-corrected chi connectivity index (χ2v) is 10.1. The van der Waals surface area contributed by atoms with E-state index < -0.39 is 0 Å². The SMILES string of the molecule is CCN(c1ccnc(NC(=O)c2ccc(CCN3CCC(O)CC3)cc2)c1)c1ccc2c(ccn2C(=O)NC)c1. The summed E-state index contributed by atoms with van der Waals surface area (Å²) in [4.78, 5) is 34.0. The summed E-state index contributed by atoms with van der Waals surface area (Å²) in [5, 5.41) is 16.2. The maximum absolute atomic E-state index is 13.0. The summed E-state index contributed by atoms with van der Waals surface area (Å²) in [6, 6.07) is 19.2. The number of piperidine rings is 1. The Morgan fingerprint density at radius 2 is 1.77 bits per heavy atom. The van der Waals surface area contributed by atoms with Crippen LogP contribution in [0.4, 0.5) is 22.0 Å². The first-order valence-electron chi connectivity index (χ1n) is 13.8. The third kappa shape index (κ3) is 6.16. The van der Waals surface area contributed by atoms with Gasteiger partial charge in [-0.3, -0.25) is 9.36 Å². The molecule has 208 valence electrons. The lowest BCUT2D eigenvalue weighted by Crippen LogP contribution is -2.37. The molecule has 9 heteroatoms. The third-order valence-electron chi connectivity index (χ3n) is 7.52. The minimum atomic E-state index is -0.207. The molecule has 0 aliphatic carbocycles. The van der Waals surface area contributed by atoms with Crippen molar-refractivity contribution in [3.05, 3.63) is 84.2 Å². The zero-order valence-corrected chi connectivity index (χ0v) is 23.0. The van der Waals surface area contributed by atoms with Gasteiger partial charge in [-0.05, 0) is 74.2 Å². The van der Waals surface area contributed by atoms with Gasteiger partial charge < -0.3 is 25.5 Å². The fourth-order valence-electron chi connectivity index (χ4n) is 5.21. The van der Waals surface area contributed by atoms with Crippen molar-refractivity contribution in [1.82, 2.24) is 19.8 Å². The number of hydrogen-bond acceptors (Lipinski definition) is 6. The van der Waals surface area contributed by atoms with E-state index in [9.17, 15) is 14.7 Å². The van der Waals surface area contributed by atoms with Crippen molar-refractivity contribution in [2.75, 3.05) is 43.4 Å². The summed E-state index contributed by atoms with van der Waals surface area (Å²) in [6.07, 6.45) is 5.89. The van der Waals surface area contributed by atoms with Crippen molar-refractivity contribution >= 4 is 40.0 Å². The molecule has 40 heavy (non-hydrogen) atoms. The van der Waals surface area contributed by atoms with Crippen molar-refractivity contribution < 1.29 is 14.7 Å². The molecule has 9 nitrogen and oxygen atoms in total. The number of nitrogens with zero attached hydrogens (tertiary/aromatic N) is 4. The minimum absolute atomic E-state index is 0.159. The number of aliphatic hydroxyl groups is 1. The first-order chi connectivity index (χ1) is 19.4. The Hall–Kier alpha value is -4.21. The molecule has 5 rings (SSSR count). The van der Waals surface area contributed by atoms with Gasteiger partial charge in [-0.25, -0.2) is 9.78 Å². The first kappa shape index (κ1) is 27.4. The highest BCUT2D eigenvalue weighted by atomic mass is 16.3. The van der Waals surface area contributed by atoms with Crippen LogP contribution in [0, 0.1) is 0 Å². The average Bonchev–Trinajstić information content (AvgIpc) is 3.41. The number of fused-ring (bicyclic) bond motifs is 1. The van der Waals surface area contributed by atoms with Crippen LogP contribution in [0.25, 0.3) is 10.9 Å². The zero-order valence-electron chi connectivity index (χ0n) is 23.0. The van der Waals surface area contributed by atoms with Crippen molar-refractivity contribution in [3.63, 3.8) is 0 Å². The smallest absolute Gasteiger partial charge is 0.325 e. The monoisotopic (exact) mass is 540 g/mol. The lowest BCUT2D eigenvalue weighted by atomic mass is 10.1. The largest absolute Gasteiger partial charge is 0.393 e. The van der Waals surface area contributed by atoms with Crippen LogP contribution in [-0.2, 0) is 6.42 Å². The molecule has 1 aliphatic rings. The van der Waals surface area contributed by atoms with Gasteiger partial charge in [-0.1, -0.05) is 12.1 Å². The van der Waals surface area contributed by atoms with Gasteiger partial charge in [0.15, 0.2) is 0 Å². The molecule has 0 spiro atoms. The van der Waals surface area contributed by atoms with Gasteiger partial charge in [0.2, 0.25) is 0 Å². The number of carbonyl (C=O) groups excluding carboxylic acids is 2. The molecule has 0 atom stereocenters. The zero-order chi connectivity index (χ0) is 28.1. The highest BCUT2D eigenvalue weighted by molar-refractivity contribution is 6.04. The number of aliphatic hydroxyl groups excluding tert-OH is 1. The van der Waals surface area contributed by atoms with E-state index in [-0.39, 0.29) is 18.0 Å². The Balaban J connectivity index is 1.24. The van der Waals surface area contributed by atoms with E-state index in [1.807, 2.05) is 60.7 Å². The third-order valence-corrected chi connectivity index (χ3v) is 7.52. The van der Waals surface area contributed by atoms with Crippen LogP contribution in [0.3, 0.4) is 0 Å². The Morgan fingerprint density at radius 1 is 1.02 bits per heavy atom. The number of hydrogen-bond donors (Lipinski definition) is 3. The Kier molecular flexibility index (Phi) is 8.42. The van der Waals surface area contributed by atoms with Crippen LogP contribution >= 0.6 is 0 Å². The second kappa shape index (κ2) is 12.3. The predicted octanol–water partition coefficient (Wildman–Crippen LogP) is 4.63. The Bertz CT molecular complexity index is 1470. The standard InChI is InChI=1S/C31H36N6O3/c1-3-36(25-8-9-28-24(20-25)12-19-37(28)31(40)32-2)26-10-15-33-29(21-26)34-30(39)23-6-4-22(5-7-23)11-16-35-17-13-27(38)14-18-35/h4-10,12,15,19-21,27,38H,3,11,13-14,16-18H2,1-2H3,(H,32,40)(H,33,34,39). The van der Waals surface area contributed by atoms with Gasteiger partial charge in [-0.15, -0.1) is 0 Å². The van der Waals surface area contributed by atoms with Gasteiger partial charge in [0.25, 0.3) is 5.91 Å². The van der Waals surface area contributed by atoms with Gasteiger partial charge in [-0.2, -0.15) is 0 Å². The maximum atomic E-state index is 13.0. The van der Waals surface area contributed by atoms with Gasteiger partial charge in [0, 0.05) is 74.0 Å². The number of nitrogens with one attached hydrogen (secondary N) is 2. The molecule has 0 saturated carbocycles. The van der Waals surface area contributed by atoms with Crippen molar-refractivity contribution in [2.24, 2.45) is 0 Å². The molecular weight excluding hydrogens is 504 g/mol. The molecule has 4 aromatic rings. The van der Waals surface area contributed by atoms with E-state index in [1.165, 1.54) is 5.56 Å². The Morgan fingerprint density at radius 3 is 2.50 bits per heavy atom. The number of likely N-dealkylation sites (tertiary alicyclic amines) is 1. The lowest BCUT2D eigenvalue weighted by Gasteiger charge is -2.29. The lowest BCUT2D eigenvalue weighted by molar-refractivity contribution is 0.0832. The quantitative estimate of drug-likeness (QED) is 0.301. The predicted molar refractivity (Wildman–Crippen MR) is 158 cm³/mol. The van der Waals surface area contributed by atoms with E-state index >= 15 is 0 Å². The van der Waals surface area contributed by atoms with Crippen molar-refractivity contribution in [1.29, 1.82) is 0 Å². The minimum Gasteiger partial charge on any atom is -0.393 e. The summed E-state index contributed by atoms with van der Waals surface area (Å²) >= 11 is 0. The molecule has 2 aromatic heterocycles. The summed E-state index contributed by atoms with van der Waals surface area (Å²) in [7, 11) is 1.61. The summed E-state index contributed by atoms with van der Waals surface area (Å²) < 4.78 is 1.59. The van der Waals surface area contributed by atoms with Crippen LogP contribution in [0.2, 0.25) is 0 Å². The van der Waals surface area contributed by atoms with E-state index in [4.69, 9.17) is 0 Å². The molecule has 2 aromatic carbocycles. The molecule has 3 heterocycles. The summed E-state index contributed by atoms with van der Waals surface area (Å²) in [5.74, 6) is 0.269. The van der Waals surface area contributed by atoms with E-state index in [2.05, 4.69) is 32.3 Å². The van der Waals surface area contributed by atoms with Crippen LogP contribution in [0.5, 0.6) is 0 Å². The summed E-state index contributed by atoms with van der Waals surface area (Å²) in [5.41, 5.74) is 4.47. The van der Waals surface area contributed by atoms with Gasteiger partial charge in [0.1, 0.15) is 5.82 Å². The fourth-order valence-corrected chi connectivity index (χ4v) is 5.21. The molecule has 1 fully saturated rings. The fraction of sp³-hybridized carbons (Fsp3) is 0.323. The number of aromatic nitrogens is 2. The van der Waals surface area contributed by atoms with Crippen molar-refractivity contribution in [3.8, 4) is 0 Å². The van der Waals surface area contributed by atoms with Crippen LogP contribution in [0.1, 0.15) is 35.7 Å². The topological polar surface area (TPSA) is 103 Å². The highest BCUT2D eigenvalue weighted by Gasteiger charge is 2.17. The van der Waals surface area contributed by atoms with E-state index in [0.29, 0.717) is 17.9 Å². The first-order valence-corrected chi connectivity index (χ1v) is 13.8. The van der Waals surface area contributed by atoms with Crippen molar-refractivity contribution in [2.45, 2.75) is 32.3 Å². The van der Waals surface area contributed by atoms with E-state index in [0.717, 1.165) is 61.2 Å². The maximum Gasteiger partial charge on any atom is 0.325 e. The molecule has 2 amide bonds. The van der Waals surface area contributed by atoms with Crippen LogP contribution in [-0.4, -0.2) is 70.8 Å². The number of pyridine rings is 1. The van der Waals surface area contributed by atoms with Gasteiger partial charge in [0.05, 0.1) is 11.6 Å². The van der Waals surface area contributed by atoms with Crippen LogP contribution in [0.15, 0.2) is 73.1 Å². The number of rotatable bonds is 8. The highest BCUT2D eigenvalue weighted by Crippen LogP contribution is 2.30. The number of benzene rings is 2. The number of carbonyl (C=O) groups is 2. The summed E-state index contributed by atoms with van der Waals surface area (Å²) in [6.45, 7) is 5.59. The molecule has 0 bridgehead atoms. The van der Waals surface area contributed by atoms with Crippen LogP contribution < -0.4 is 15.5 Å². The second-order valence-electron chi connectivity index (χ2n) is 10.1. The van der Waals surface area contributed by atoms with Gasteiger partial charge >= 0.3 is 6.03 Å². The molecule has 0 unspecified atom stereocenters. The van der Waals surface area contributed by atoms with E-state index in [1.54, 1.807) is 24.0 Å².